The number of nitrogens with zero attached hydrogens (tertiary/aromatic N) is 1. The zero-order valence-corrected chi connectivity index (χ0v) is 13.5. The van der Waals surface area contributed by atoms with Gasteiger partial charge in [0.05, 0.1) is 0 Å². The van der Waals surface area contributed by atoms with Gasteiger partial charge in [0.15, 0.2) is 11.4 Å². The second kappa shape index (κ2) is 7.49. The fourth-order valence-corrected chi connectivity index (χ4v) is 2.56. The van der Waals surface area contributed by atoms with Crippen LogP contribution in [-0.4, -0.2) is 15.6 Å². The second-order valence-electron chi connectivity index (χ2n) is 5.55. The van der Waals surface area contributed by atoms with Crippen LogP contribution in [-0.2, 0) is 13.2 Å². The van der Waals surface area contributed by atoms with Gasteiger partial charge >= 0.3 is 5.97 Å². The third-order valence-electron chi connectivity index (χ3n) is 3.76. The van der Waals surface area contributed by atoms with E-state index < -0.39 is 11.4 Å². The highest BCUT2D eigenvalue weighted by Crippen LogP contribution is 2.17. The van der Waals surface area contributed by atoms with Crippen molar-refractivity contribution in [1.29, 1.82) is 0 Å². The molecule has 5 heteroatoms. The van der Waals surface area contributed by atoms with Crippen LogP contribution >= 0.6 is 0 Å². The lowest BCUT2D eigenvalue weighted by molar-refractivity contribution is 0.0678. The van der Waals surface area contributed by atoms with Crippen LogP contribution in [0.15, 0.2) is 77.7 Å². The fraction of sp³-hybridized carbons (Fsp3) is 0.100. The predicted molar refractivity (Wildman–Crippen MR) is 94.0 cm³/mol. The van der Waals surface area contributed by atoms with Crippen molar-refractivity contribution < 1.29 is 14.6 Å². The first-order valence-corrected chi connectivity index (χ1v) is 7.82. The largest absolute Gasteiger partial charge is 0.482 e. The van der Waals surface area contributed by atoms with Crippen molar-refractivity contribution in [3.8, 4) is 5.75 Å². The standard InChI is InChI=1S/C20H17NO4/c22-17-11-12-21(13-15-7-3-1-4-8-15)18(20(23)24)19(17)25-14-16-9-5-2-6-10-16/h1-12H,13-14H2,(H,23,24). The molecule has 3 rings (SSSR count). The predicted octanol–water partition coefficient (Wildman–Crippen LogP) is 3.17. The molecular formula is C20H17NO4. The molecule has 0 amide bonds. The minimum atomic E-state index is -1.20. The van der Waals surface area contributed by atoms with E-state index in [0.29, 0.717) is 6.54 Å². The Morgan fingerprint density at radius 2 is 1.52 bits per heavy atom. The number of hydrogen-bond acceptors (Lipinski definition) is 3. The van der Waals surface area contributed by atoms with Crippen molar-refractivity contribution in [3.63, 3.8) is 0 Å². The number of carbonyl (C=O) groups is 1. The number of rotatable bonds is 6. The second-order valence-corrected chi connectivity index (χ2v) is 5.55. The molecule has 5 nitrogen and oxygen atoms in total. The first-order valence-electron chi connectivity index (χ1n) is 7.82. The average Bonchev–Trinajstić information content (AvgIpc) is 2.63. The molecule has 0 spiro atoms. The minimum absolute atomic E-state index is 0.131. The van der Waals surface area contributed by atoms with Gasteiger partial charge in [-0.3, -0.25) is 4.79 Å². The van der Waals surface area contributed by atoms with Crippen molar-refractivity contribution >= 4 is 5.97 Å². The highest BCUT2D eigenvalue weighted by Gasteiger charge is 2.19. The van der Waals surface area contributed by atoms with Gasteiger partial charge in [0.25, 0.3) is 0 Å². The molecule has 1 N–H and O–H groups in total. The topological polar surface area (TPSA) is 68.5 Å². The third-order valence-corrected chi connectivity index (χ3v) is 3.76. The lowest BCUT2D eigenvalue weighted by atomic mass is 10.2. The Bertz CT molecular complexity index is 917. The van der Waals surface area contributed by atoms with Crippen LogP contribution in [0.3, 0.4) is 0 Å². The van der Waals surface area contributed by atoms with Crippen molar-refractivity contribution in [3.05, 3.63) is 100.0 Å². The van der Waals surface area contributed by atoms with E-state index in [1.54, 1.807) is 0 Å². The van der Waals surface area contributed by atoms with Gasteiger partial charge in [0.2, 0.25) is 5.43 Å². The molecule has 0 aliphatic rings. The van der Waals surface area contributed by atoms with Crippen LogP contribution in [0.1, 0.15) is 21.6 Å². The Kier molecular flexibility index (Phi) is 4.95. The summed E-state index contributed by atoms with van der Waals surface area (Å²) in [5, 5.41) is 9.61. The van der Waals surface area contributed by atoms with E-state index >= 15 is 0 Å². The lowest BCUT2D eigenvalue weighted by Crippen LogP contribution is -2.20. The number of hydrogen-bond donors (Lipinski definition) is 1. The molecule has 0 saturated heterocycles. The highest BCUT2D eigenvalue weighted by atomic mass is 16.5. The third kappa shape index (κ3) is 3.95. The van der Waals surface area contributed by atoms with Gasteiger partial charge in [0, 0.05) is 18.8 Å². The van der Waals surface area contributed by atoms with E-state index in [-0.39, 0.29) is 18.1 Å². The van der Waals surface area contributed by atoms with Gasteiger partial charge in [-0.25, -0.2) is 4.79 Å². The number of carboxylic acids is 1. The molecule has 0 radical (unpaired) electrons. The fourth-order valence-electron chi connectivity index (χ4n) is 2.56. The summed E-state index contributed by atoms with van der Waals surface area (Å²) < 4.78 is 7.09. The highest BCUT2D eigenvalue weighted by molar-refractivity contribution is 5.88. The van der Waals surface area contributed by atoms with Crippen LogP contribution in [0.5, 0.6) is 5.75 Å². The molecule has 1 heterocycles. The molecule has 0 bridgehead atoms. The minimum Gasteiger partial charge on any atom is -0.482 e. The number of benzene rings is 2. The molecule has 2 aromatic carbocycles. The molecule has 3 aromatic rings. The summed E-state index contributed by atoms with van der Waals surface area (Å²) >= 11 is 0. The number of pyridine rings is 1. The number of ether oxygens (including phenoxy) is 1. The number of aromatic carboxylic acids is 1. The first-order chi connectivity index (χ1) is 12.1. The average molecular weight is 335 g/mol. The zero-order valence-electron chi connectivity index (χ0n) is 13.5. The van der Waals surface area contributed by atoms with Gasteiger partial charge in [-0.1, -0.05) is 60.7 Å². The van der Waals surface area contributed by atoms with Crippen molar-refractivity contribution in [1.82, 2.24) is 4.57 Å². The van der Waals surface area contributed by atoms with E-state index in [0.717, 1.165) is 11.1 Å². The Morgan fingerprint density at radius 3 is 2.12 bits per heavy atom. The molecule has 0 saturated carbocycles. The van der Waals surface area contributed by atoms with Gasteiger partial charge in [-0.2, -0.15) is 0 Å². The van der Waals surface area contributed by atoms with Crippen LogP contribution in [0.25, 0.3) is 0 Å². The molecular weight excluding hydrogens is 318 g/mol. The summed E-state index contributed by atoms with van der Waals surface area (Å²) in [6.45, 7) is 0.468. The van der Waals surface area contributed by atoms with E-state index in [2.05, 4.69) is 0 Å². The molecule has 0 fully saturated rings. The summed E-state index contributed by atoms with van der Waals surface area (Å²) in [5.74, 6) is -1.34. The Hall–Kier alpha value is -3.34. The van der Waals surface area contributed by atoms with Gasteiger partial charge in [0.1, 0.15) is 6.61 Å². The van der Waals surface area contributed by atoms with Gasteiger partial charge in [-0.05, 0) is 11.1 Å². The molecule has 0 unspecified atom stereocenters. The summed E-state index contributed by atoms with van der Waals surface area (Å²) in [6.07, 6.45) is 1.48. The first kappa shape index (κ1) is 16.5. The van der Waals surface area contributed by atoms with Crippen molar-refractivity contribution in [2.75, 3.05) is 0 Å². The van der Waals surface area contributed by atoms with E-state index in [1.165, 1.54) is 16.8 Å². The van der Waals surface area contributed by atoms with E-state index in [9.17, 15) is 14.7 Å². The van der Waals surface area contributed by atoms with Crippen molar-refractivity contribution in [2.24, 2.45) is 0 Å². The maximum absolute atomic E-state index is 12.2. The number of carboxylic acid groups (broad SMARTS) is 1. The molecule has 25 heavy (non-hydrogen) atoms. The van der Waals surface area contributed by atoms with Gasteiger partial charge < -0.3 is 14.4 Å². The summed E-state index contributed by atoms with van der Waals surface area (Å²) in [5.41, 5.74) is 1.20. The van der Waals surface area contributed by atoms with Crippen LogP contribution < -0.4 is 10.2 Å². The zero-order chi connectivity index (χ0) is 17.6. The van der Waals surface area contributed by atoms with Crippen LogP contribution in [0.2, 0.25) is 0 Å². The number of aromatic nitrogens is 1. The molecule has 0 atom stereocenters. The van der Waals surface area contributed by atoms with Crippen LogP contribution in [0, 0.1) is 0 Å². The lowest BCUT2D eigenvalue weighted by Gasteiger charge is -2.15. The maximum atomic E-state index is 12.2. The van der Waals surface area contributed by atoms with Gasteiger partial charge in [-0.15, -0.1) is 0 Å². The summed E-state index contributed by atoms with van der Waals surface area (Å²) in [6, 6.07) is 20.1. The molecule has 0 aliphatic carbocycles. The Labute approximate surface area is 144 Å². The Balaban J connectivity index is 1.95. The quantitative estimate of drug-likeness (QED) is 0.751. The molecule has 126 valence electrons. The normalized spacial score (nSPS) is 10.4. The maximum Gasteiger partial charge on any atom is 0.356 e. The smallest absolute Gasteiger partial charge is 0.356 e. The summed E-state index contributed by atoms with van der Waals surface area (Å²) in [7, 11) is 0. The Morgan fingerprint density at radius 1 is 0.920 bits per heavy atom. The molecule has 1 aromatic heterocycles. The van der Waals surface area contributed by atoms with Crippen molar-refractivity contribution in [2.45, 2.75) is 13.2 Å². The van der Waals surface area contributed by atoms with E-state index in [1.807, 2.05) is 60.7 Å². The molecule has 0 aliphatic heterocycles. The van der Waals surface area contributed by atoms with Crippen LogP contribution in [0.4, 0.5) is 0 Å². The SMILES string of the molecule is O=C(O)c1c(OCc2ccccc2)c(=O)ccn1Cc1ccccc1. The van der Waals surface area contributed by atoms with E-state index in [4.69, 9.17) is 4.74 Å². The monoisotopic (exact) mass is 335 g/mol. The summed E-state index contributed by atoms with van der Waals surface area (Å²) in [4.78, 5) is 23.9.